The maximum atomic E-state index is 11.7. The maximum Gasteiger partial charge on any atom is 0.240 e. The SMILES string of the molecule is O=C(CCCc1ccccc1)NN=C1CCCCC1. The minimum atomic E-state index is 0.0361. The lowest BCUT2D eigenvalue weighted by Gasteiger charge is -2.11. The van der Waals surface area contributed by atoms with Gasteiger partial charge < -0.3 is 0 Å². The van der Waals surface area contributed by atoms with Gasteiger partial charge in [0.05, 0.1) is 0 Å². The quantitative estimate of drug-likeness (QED) is 0.807. The van der Waals surface area contributed by atoms with Gasteiger partial charge in [-0.05, 0) is 44.1 Å². The van der Waals surface area contributed by atoms with Crippen molar-refractivity contribution in [2.45, 2.75) is 51.4 Å². The molecule has 0 saturated heterocycles. The van der Waals surface area contributed by atoms with Crippen LogP contribution in [-0.2, 0) is 11.2 Å². The van der Waals surface area contributed by atoms with E-state index in [1.165, 1.54) is 24.8 Å². The highest BCUT2D eigenvalue weighted by Gasteiger charge is 2.07. The van der Waals surface area contributed by atoms with Crippen LogP contribution in [0.2, 0.25) is 0 Å². The average molecular weight is 258 g/mol. The third-order valence-electron chi connectivity index (χ3n) is 3.48. The van der Waals surface area contributed by atoms with E-state index >= 15 is 0 Å². The molecule has 19 heavy (non-hydrogen) atoms. The van der Waals surface area contributed by atoms with Gasteiger partial charge in [-0.2, -0.15) is 5.10 Å². The summed E-state index contributed by atoms with van der Waals surface area (Å²) >= 11 is 0. The molecule has 3 heteroatoms. The second-order valence-electron chi connectivity index (χ2n) is 5.11. The summed E-state index contributed by atoms with van der Waals surface area (Å²) in [6, 6.07) is 10.3. The molecule has 1 N–H and O–H groups in total. The molecule has 2 rings (SSSR count). The number of carbonyl (C=O) groups is 1. The van der Waals surface area contributed by atoms with Gasteiger partial charge in [0.2, 0.25) is 5.91 Å². The molecule has 1 aromatic carbocycles. The van der Waals surface area contributed by atoms with Crippen LogP contribution in [-0.4, -0.2) is 11.6 Å². The first-order chi connectivity index (χ1) is 9.34. The van der Waals surface area contributed by atoms with Crippen LogP contribution < -0.4 is 5.43 Å². The normalized spacial score (nSPS) is 15.1. The number of hydrogen-bond acceptors (Lipinski definition) is 2. The van der Waals surface area contributed by atoms with E-state index in [0.29, 0.717) is 6.42 Å². The molecule has 0 unspecified atom stereocenters. The lowest BCUT2D eigenvalue weighted by molar-refractivity contribution is -0.121. The number of hydrazone groups is 1. The van der Waals surface area contributed by atoms with Crippen molar-refractivity contribution in [1.82, 2.24) is 5.43 Å². The minimum Gasteiger partial charge on any atom is -0.273 e. The molecule has 0 spiro atoms. The molecular weight excluding hydrogens is 236 g/mol. The summed E-state index contributed by atoms with van der Waals surface area (Å²) in [5, 5.41) is 4.23. The van der Waals surface area contributed by atoms with Gasteiger partial charge in [0.25, 0.3) is 0 Å². The smallest absolute Gasteiger partial charge is 0.240 e. The van der Waals surface area contributed by atoms with Gasteiger partial charge in [-0.1, -0.05) is 36.8 Å². The number of nitrogens with one attached hydrogen (secondary N) is 1. The van der Waals surface area contributed by atoms with E-state index in [9.17, 15) is 4.79 Å². The van der Waals surface area contributed by atoms with Gasteiger partial charge in [0.1, 0.15) is 0 Å². The number of rotatable bonds is 5. The molecule has 1 amide bonds. The summed E-state index contributed by atoms with van der Waals surface area (Å²) in [6.45, 7) is 0. The van der Waals surface area contributed by atoms with Gasteiger partial charge in [-0.15, -0.1) is 0 Å². The van der Waals surface area contributed by atoms with Crippen LogP contribution in [0.1, 0.15) is 50.5 Å². The summed E-state index contributed by atoms with van der Waals surface area (Å²) in [5.41, 5.74) is 5.13. The average Bonchev–Trinajstić information content (AvgIpc) is 2.47. The first-order valence-electron chi connectivity index (χ1n) is 7.23. The molecule has 1 aliphatic carbocycles. The largest absolute Gasteiger partial charge is 0.273 e. The van der Waals surface area contributed by atoms with Crippen molar-refractivity contribution in [1.29, 1.82) is 0 Å². The summed E-state index contributed by atoms with van der Waals surface area (Å²) in [4.78, 5) is 11.7. The van der Waals surface area contributed by atoms with Gasteiger partial charge in [-0.25, -0.2) is 5.43 Å². The van der Waals surface area contributed by atoms with Crippen LogP contribution in [0.5, 0.6) is 0 Å². The molecule has 0 aromatic heterocycles. The van der Waals surface area contributed by atoms with Crippen molar-refractivity contribution < 1.29 is 4.79 Å². The van der Waals surface area contributed by atoms with Gasteiger partial charge in [-0.3, -0.25) is 4.79 Å². The standard InChI is InChI=1S/C16H22N2O/c19-16(18-17-15-11-5-2-6-12-15)13-7-10-14-8-3-1-4-9-14/h1,3-4,8-9H,2,5-7,10-13H2,(H,18,19). The number of carbonyl (C=O) groups excluding carboxylic acids is 1. The van der Waals surface area contributed by atoms with Gasteiger partial charge in [0, 0.05) is 12.1 Å². The van der Waals surface area contributed by atoms with Crippen LogP contribution in [0.3, 0.4) is 0 Å². The third-order valence-corrected chi connectivity index (χ3v) is 3.48. The maximum absolute atomic E-state index is 11.7. The zero-order chi connectivity index (χ0) is 13.3. The number of benzene rings is 1. The van der Waals surface area contributed by atoms with Gasteiger partial charge >= 0.3 is 0 Å². The van der Waals surface area contributed by atoms with Crippen molar-refractivity contribution in [3.8, 4) is 0 Å². The predicted molar refractivity (Wildman–Crippen MR) is 78.0 cm³/mol. The van der Waals surface area contributed by atoms with Crippen LogP contribution in [0.15, 0.2) is 35.4 Å². The fraction of sp³-hybridized carbons (Fsp3) is 0.500. The Hall–Kier alpha value is -1.64. The number of hydrogen-bond donors (Lipinski definition) is 1. The van der Waals surface area contributed by atoms with Crippen molar-refractivity contribution in [3.63, 3.8) is 0 Å². The third kappa shape index (κ3) is 5.25. The van der Waals surface area contributed by atoms with E-state index in [-0.39, 0.29) is 5.91 Å². The minimum absolute atomic E-state index is 0.0361. The first kappa shape index (κ1) is 13.8. The molecule has 0 aliphatic heterocycles. The molecule has 1 aromatic rings. The van der Waals surface area contributed by atoms with Crippen molar-refractivity contribution in [2.75, 3.05) is 0 Å². The Bertz CT molecular complexity index is 418. The Morgan fingerprint density at radius 1 is 1.11 bits per heavy atom. The second kappa shape index (κ2) is 7.72. The van der Waals surface area contributed by atoms with Gasteiger partial charge in [0.15, 0.2) is 0 Å². The monoisotopic (exact) mass is 258 g/mol. The fourth-order valence-electron chi connectivity index (χ4n) is 2.37. The molecule has 0 atom stereocenters. The Kier molecular flexibility index (Phi) is 5.60. The molecule has 0 heterocycles. The second-order valence-corrected chi connectivity index (χ2v) is 5.11. The lowest BCUT2D eigenvalue weighted by atomic mass is 9.99. The Morgan fingerprint density at radius 3 is 2.58 bits per heavy atom. The molecule has 1 aliphatic rings. The first-order valence-corrected chi connectivity index (χ1v) is 7.23. The van der Waals surface area contributed by atoms with Crippen LogP contribution in [0.25, 0.3) is 0 Å². The molecule has 0 radical (unpaired) electrons. The number of amides is 1. The zero-order valence-corrected chi connectivity index (χ0v) is 11.4. The predicted octanol–water partition coefficient (Wildman–Crippen LogP) is 3.45. The molecule has 3 nitrogen and oxygen atoms in total. The van der Waals surface area contributed by atoms with E-state index in [1.54, 1.807) is 0 Å². The van der Waals surface area contributed by atoms with Crippen LogP contribution in [0.4, 0.5) is 0 Å². The Morgan fingerprint density at radius 2 is 1.84 bits per heavy atom. The highest BCUT2D eigenvalue weighted by atomic mass is 16.2. The molecular formula is C16H22N2O. The van der Waals surface area contributed by atoms with Crippen molar-refractivity contribution in [2.24, 2.45) is 5.10 Å². The molecule has 0 bridgehead atoms. The Labute approximate surface area is 115 Å². The van der Waals surface area contributed by atoms with E-state index in [4.69, 9.17) is 0 Å². The summed E-state index contributed by atoms with van der Waals surface area (Å²) < 4.78 is 0. The lowest BCUT2D eigenvalue weighted by Crippen LogP contribution is -2.20. The highest BCUT2D eigenvalue weighted by molar-refractivity contribution is 5.86. The Balaban J connectivity index is 1.64. The summed E-state index contributed by atoms with van der Waals surface area (Å²) in [6.07, 6.45) is 8.18. The highest BCUT2D eigenvalue weighted by Crippen LogP contribution is 2.14. The fourth-order valence-corrected chi connectivity index (χ4v) is 2.37. The van der Waals surface area contributed by atoms with E-state index in [1.807, 2.05) is 18.2 Å². The number of nitrogens with zero attached hydrogens (tertiary/aromatic N) is 1. The number of aryl methyl sites for hydroxylation is 1. The topological polar surface area (TPSA) is 41.5 Å². The molecule has 102 valence electrons. The van der Waals surface area contributed by atoms with Crippen molar-refractivity contribution >= 4 is 11.6 Å². The van der Waals surface area contributed by atoms with Crippen LogP contribution >= 0.6 is 0 Å². The van der Waals surface area contributed by atoms with Crippen LogP contribution in [0, 0.1) is 0 Å². The molecule has 1 saturated carbocycles. The summed E-state index contributed by atoms with van der Waals surface area (Å²) in [5.74, 6) is 0.0361. The van der Waals surface area contributed by atoms with Crippen molar-refractivity contribution in [3.05, 3.63) is 35.9 Å². The van der Waals surface area contributed by atoms with E-state index in [2.05, 4.69) is 22.7 Å². The van der Waals surface area contributed by atoms with E-state index in [0.717, 1.165) is 31.4 Å². The zero-order valence-electron chi connectivity index (χ0n) is 11.4. The summed E-state index contributed by atoms with van der Waals surface area (Å²) in [7, 11) is 0. The van der Waals surface area contributed by atoms with E-state index < -0.39 is 0 Å². The molecule has 1 fully saturated rings.